The van der Waals surface area contributed by atoms with Crippen molar-refractivity contribution in [3.8, 4) is 11.1 Å². The lowest BCUT2D eigenvalue weighted by atomic mass is 10.0. The molecule has 0 unspecified atom stereocenters. The van der Waals surface area contributed by atoms with Crippen molar-refractivity contribution in [3.63, 3.8) is 0 Å². The zero-order valence-electron chi connectivity index (χ0n) is 20.1. The van der Waals surface area contributed by atoms with Crippen molar-refractivity contribution in [2.45, 2.75) is 26.4 Å². The number of hydrogen-bond acceptors (Lipinski definition) is 4. The van der Waals surface area contributed by atoms with E-state index in [-0.39, 0.29) is 11.5 Å². The molecule has 180 valence electrons. The van der Waals surface area contributed by atoms with Gasteiger partial charge in [-0.1, -0.05) is 84.4 Å². The van der Waals surface area contributed by atoms with E-state index in [2.05, 4.69) is 33.6 Å². The van der Waals surface area contributed by atoms with Crippen molar-refractivity contribution < 1.29 is 4.79 Å². The Labute approximate surface area is 209 Å². The molecule has 0 atom stereocenters. The van der Waals surface area contributed by atoms with Crippen LogP contribution in [0.1, 0.15) is 16.7 Å². The van der Waals surface area contributed by atoms with Crippen LogP contribution in [0.5, 0.6) is 0 Å². The van der Waals surface area contributed by atoms with Crippen molar-refractivity contribution in [3.05, 3.63) is 118 Å². The van der Waals surface area contributed by atoms with Gasteiger partial charge in [0.2, 0.25) is 5.91 Å². The lowest BCUT2D eigenvalue weighted by molar-refractivity contribution is -0.120. The van der Waals surface area contributed by atoms with E-state index in [0.29, 0.717) is 37.1 Å². The van der Waals surface area contributed by atoms with Gasteiger partial charge in [-0.25, -0.2) is 9.67 Å². The molecule has 0 radical (unpaired) electrons. The minimum Gasteiger partial charge on any atom is -0.354 e. The number of nitrogens with one attached hydrogen (secondary N) is 1. The van der Waals surface area contributed by atoms with E-state index < -0.39 is 0 Å². The maximum absolute atomic E-state index is 12.9. The van der Waals surface area contributed by atoms with E-state index in [1.54, 1.807) is 21.8 Å². The number of hydrogen-bond donors (Lipinski definition) is 1. The van der Waals surface area contributed by atoms with Crippen LogP contribution in [0.2, 0.25) is 0 Å². The molecular weight excluding hydrogens is 450 g/mol. The summed E-state index contributed by atoms with van der Waals surface area (Å²) in [7, 11) is 0. The molecule has 0 aliphatic rings. The molecule has 36 heavy (non-hydrogen) atoms. The molecule has 0 spiro atoms. The zero-order valence-corrected chi connectivity index (χ0v) is 20.1. The van der Waals surface area contributed by atoms with Gasteiger partial charge in [-0.3, -0.25) is 14.2 Å². The van der Waals surface area contributed by atoms with Crippen molar-refractivity contribution in [1.29, 1.82) is 0 Å². The fraction of sp³-hybridized carbons (Fsp3) is 0.172. The normalized spacial score (nSPS) is 11.0. The van der Waals surface area contributed by atoms with E-state index in [9.17, 15) is 9.59 Å². The third-order valence-electron chi connectivity index (χ3n) is 6.13. The first-order valence-electron chi connectivity index (χ1n) is 11.9. The van der Waals surface area contributed by atoms with Gasteiger partial charge in [0.25, 0.3) is 5.56 Å². The average molecular weight is 478 g/mol. The molecule has 0 aliphatic carbocycles. The highest BCUT2D eigenvalue weighted by Gasteiger charge is 2.11. The second-order valence-electron chi connectivity index (χ2n) is 8.86. The Morgan fingerprint density at radius 3 is 2.47 bits per heavy atom. The summed E-state index contributed by atoms with van der Waals surface area (Å²) in [6.07, 6.45) is 3.41. The van der Waals surface area contributed by atoms with Gasteiger partial charge in [-0.2, -0.15) is 5.10 Å². The van der Waals surface area contributed by atoms with Crippen LogP contribution in [0.25, 0.3) is 22.2 Å². The van der Waals surface area contributed by atoms with Crippen LogP contribution >= 0.6 is 0 Å². The van der Waals surface area contributed by atoms with E-state index >= 15 is 0 Å². The van der Waals surface area contributed by atoms with Gasteiger partial charge in [0.05, 0.1) is 25.7 Å². The van der Waals surface area contributed by atoms with Crippen LogP contribution in [0.15, 0.2) is 96.2 Å². The van der Waals surface area contributed by atoms with Crippen LogP contribution in [-0.2, 0) is 24.3 Å². The quantitative estimate of drug-likeness (QED) is 0.367. The summed E-state index contributed by atoms with van der Waals surface area (Å²) >= 11 is 0. The first-order chi connectivity index (χ1) is 17.6. The fourth-order valence-corrected chi connectivity index (χ4v) is 4.28. The summed E-state index contributed by atoms with van der Waals surface area (Å²) in [6.45, 7) is 3.30. The molecule has 1 amide bonds. The summed E-state index contributed by atoms with van der Waals surface area (Å²) in [4.78, 5) is 29.8. The molecule has 7 heteroatoms. The molecule has 3 aromatic carbocycles. The highest BCUT2D eigenvalue weighted by molar-refractivity contribution is 5.79. The molecule has 2 heterocycles. The van der Waals surface area contributed by atoms with E-state index in [0.717, 1.165) is 27.8 Å². The van der Waals surface area contributed by atoms with Crippen molar-refractivity contribution in [1.82, 2.24) is 24.6 Å². The van der Waals surface area contributed by atoms with Gasteiger partial charge in [-0.15, -0.1) is 0 Å². The van der Waals surface area contributed by atoms with Gasteiger partial charge < -0.3 is 5.32 Å². The topological polar surface area (TPSA) is 81.8 Å². The van der Waals surface area contributed by atoms with E-state index in [1.807, 2.05) is 67.6 Å². The van der Waals surface area contributed by atoms with Crippen LogP contribution < -0.4 is 10.9 Å². The number of aryl methyl sites for hydroxylation is 1. The molecule has 0 fully saturated rings. The minimum atomic E-state index is -0.129. The summed E-state index contributed by atoms with van der Waals surface area (Å²) < 4.78 is 3.25. The summed E-state index contributed by atoms with van der Waals surface area (Å²) in [5.74, 6) is -0.0626. The lowest BCUT2D eigenvalue weighted by Gasteiger charge is -2.08. The van der Waals surface area contributed by atoms with Crippen molar-refractivity contribution in [2.24, 2.45) is 0 Å². The Morgan fingerprint density at radius 1 is 0.917 bits per heavy atom. The molecule has 0 bridgehead atoms. The first-order valence-corrected chi connectivity index (χ1v) is 11.9. The number of carbonyl (C=O) groups excluding carboxylic acids is 1. The first kappa shape index (κ1) is 23.2. The van der Waals surface area contributed by atoms with Crippen LogP contribution in [-0.4, -0.2) is 31.8 Å². The number of nitrogens with zero attached hydrogens (tertiary/aromatic N) is 4. The minimum absolute atomic E-state index is 0.0626. The van der Waals surface area contributed by atoms with Crippen molar-refractivity contribution >= 4 is 16.9 Å². The predicted molar refractivity (Wildman–Crippen MR) is 141 cm³/mol. The molecule has 2 aromatic heterocycles. The number of amides is 1. The standard InChI is InChI=1S/C29H27N5O2/c1-21-6-5-7-23(16-21)19-33-20-31-28-26(29(33)36)18-32-34(28)15-14-30-27(35)17-22-10-12-25(13-11-22)24-8-3-2-4-9-24/h2-13,16,18,20H,14-15,17,19H2,1H3,(H,30,35). The SMILES string of the molecule is Cc1cccc(Cn2cnc3c(cnn3CCNC(=O)Cc3ccc(-c4ccccc4)cc3)c2=O)c1. The Kier molecular flexibility index (Phi) is 6.71. The van der Waals surface area contributed by atoms with E-state index in [4.69, 9.17) is 0 Å². The average Bonchev–Trinajstić information content (AvgIpc) is 3.30. The predicted octanol–water partition coefficient (Wildman–Crippen LogP) is 3.98. The van der Waals surface area contributed by atoms with Crippen molar-refractivity contribution in [2.75, 3.05) is 6.54 Å². The lowest BCUT2D eigenvalue weighted by Crippen LogP contribution is -2.29. The van der Waals surface area contributed by atoms with E-state index in [1.165, 1.54) is 0 Å². The van der Waals surface area contributed by atoms with Gasteiger partial charge in [0, 0.05) is 6.54 Å². The number of aromatic nitrogens is 4. The maximum atomic E-state index is 12.9. The molecule has 5 aromatic rings. The monoisotopic (exact) mass is 477 g/mol. The fourth-order valence-electron chi connectivity index (χ4n) is 4.28. The molecule has 1 N–H and O–H groups in total. The second kappa shape index (κ2) is 10.4. The van der Waals surface area contributed by atoms with Gasteiger partial charge in [0.1, 0.15) is 11.7 Å². The third kappa shape index (κ3) is 5.25. The van der Waals surface area contributed by atoms with Crippen LogP contribution in [0.4, 0.5) is 0 Å². The maximum Gasteiger partial charge on any atom is 0.264 e. The van der Waals surface area contributed by atoms with Crippen LogP contribution in [0, 0.1) is 6.92 Å². The van der Waals surface area contributed by atoms with Gasteiger partial charge >= 0.3 is 0 Å². The van der Waals surface area contributed by atoms with Gasteiger partial charge in [-0.05, 0) is 29.2 Å². The molecule has 0 saturated carbocycles. The summed E-state index contributed by atoms with van der Waals surface area (Å²) in [5.41, 5.74) is 5.80. The Hall–Kier alpha value is -4.52. The Balaban J connectivity index is 1.18. The Bertz CT molecular complexity index is 1550. The second-order valence-corrected chi connectivity index (χ2v) is 8.86. The Morgan fingerprint density at radius 2 is 1.69 bits per heavy atom. The van der Waals surface area contributed by atoms with Gasteiger partial charge in [0.15, 0.2) is 5.65 Å². The summed E-state index contributed by atoms with van der Waals surface area (Å²) in [6, 6.07) is 26.2. The molecule has 0 saturated heterocycles. The highest BCUT2D eigenvalue weighted by Crippen LogP contribution is 2.19. The smallest absolute Gasteiger partial charge is 0.264 e. The third-order valence-corrected chi connectivity index (χ3v) is 6.13. The molecule has 7 nitrogen and oxygen atoms in total. The number of benzene rings is 3. The molecular formula is C29H27N5O2. The molecule has 0 aliphatic heterocycles. The molecule has 5 rings (SSSR count). The zero-order chi connectivity index (χ0) is 24.9. The number of carbonyl (C=O) groups is 1. The van der Waals surface area contributed by atoms with Crippen LogP contribution in [0.3, 0.4) is 0 Å². The number of rotatable bonds is 8. The number of fused-ring (bicyclic) bond motifs is 1. The largest absolute Gasteiger partial charge is 0.354 e. The summed E-state index contributed by atoms with van der Waals surface area (Å²) in [5, 5.41) is 7.73. The highest BCUT2D eigenvalue weighted by atomic mass is 16.1.